The molecule has 0 radical (unpaired) electrons. The summed E-state index contributed by atoms with van der Waals surface area (Å²) in [5.74, 6) is -0.215. The van der Waals surface area contributed by atoms with Crippen LogP contribution in [0, 0.1) is 5.92 Å². The Kier molecular flexibility index (Phi) is 6.38. The fourth-order valence-electron chi connectivity index (χ4n) is 3.68. The number of benzene rings is 2. The van der Waals surface area contributed by atoms with Gasteiger partial charge in [0.05, 0.1) is 16.3 Å². The third-order valence-electron chi connectivity index (χ3n) is 5.32. The molecule has 1 fully saturated rings. The molecule has 0 unspecified atom stereocenters. The van der Waals surface area contributed by atoms with E-state index in [4.69, 9.17) is 16.0 Å². The van der Waals surface area contributed by atoms with Crippen molar-refractivity contribution in [1.29, 1.82) is 0 Å². The second kappa shape index (κ2) is 9.20. The van der Waals surface area contributed by atoms with Crippen molar-refractivity contribution in [2.75, 3.05) is 5.32 Å². The number of carbonyl (C=O) groups excluding carboxylic acids is 1. The molecule has 0 atom stereocenters. The number of sulfone groups is 1. The summed E-state index contributed by atoms with van der Waals surface area (Å²) in [4.78, 5) is 12.4. The number of nitrogens with zero attached hydrogens (tertiary/aromatic N) is 2. The summed E-state index contributed by atoms with van der Waals surface area (Å²) in [6.07, 6.45) is 5.13. The minimum absolute atomic E-state index is 0.00166. The molecular weight excluding hydrogens is 438 g/mol. The zero-order valence-corrected chi connectivity index (χ0v) is 18.3. The molecule has 1 amide bonds. The van der Waals surface area contributed by atoms with E-state index in [0.29, 0.717) is 16.8 Å². The number of hydrogen-bond donors (Lipinski definition) is 1. The van der Waals surface area contributed by atoms with Crippen LogP contribution in [-0.4, -0.2) is 24.5 Å². The Balaban J connectivity index is 1.49. The highest BCUT2D eigenvalue weighted by molar-refractivity contribution is 7.90. The van der Waals surface area contributed by atoms with E-state index >= 15 is 0 Å². The molecule has 0 spiro atoms. The van der Waals surface area contributed by atoms with Crippen LogP contribution in [0.25, 0.3) is 11.5 Å². The second-order valence-electron chi connectivity index (χ2n) is 7.64. The molecule has 0 saturated heterocycles. The predicted octanol–water partition coefficient (Wildman–Crippen LogP) is 4.88. The zero-order chi connectivity index (χ0) is 21.8. The van der Waals surface area contributed by atoms with Gasteiger partial charge in [0, 0.05) is 11.6 Å². The maximum absolute atomic E-state index is 12.6. The number of carbonyl (C=O) groups is 1. The highest BCUT2D eigenvalue weighted by atomic mass is 35.5. The van der Waals surface area contributed by atoms with Crippen molar-refractivity contribution >= 4 is 33.0 Å². The molecule has 0 bridgehead atoms. The van der Waals surface area contributed by atoms with E-state index in [-0.39, 0.29) is 28.5 Å². The van der Waals surface area contributed by atoms with Gasteiger partial charge >= 0.3 is 5.22 Å². The van der Waals surface area contributed by atoms with E-state index in [9.17, 15) is 13.2 Å². The van der Waals surface area contributed by atoms with Gasteiger partial charge in [0.1, 0.15) is 0 Å². The van der Waals surface area contributed by atoms with Crippen LogP contribution in [0.4, 0.5) is 5.69 Å². The van der Waals surface area contributed by atoms with Gasteiger partial charge in [-0.25, -0.2) is 8.42 Å². The summed E-state index contributed by atoms with van der Waals surface area (Å²) in [6, 6.07) is 13.7. The van der Waals surface area contributed by atoms with Crippen LogP contribution < -0.4 is 5.32 Å². The van der Waals surface area contributed by atoms with Crippen molar-refractivity contribution in [3.63, 3.8) is 0 Å². The summed E-state index contributed by atoms with van der Waals surface area (Å²) in [5, 5.41) is 10.3. The third-order valence-corrected chi connectivity index (χ3v) is 7.04. The molecule has 1 saturated carbocycles. The van der Waals surface area contributed by atoms with Crippen molar-refractivity contribution in [2.45, 2.75) is 43.1 Å². The van der Waals surface area contributed by atoms with Gasteiger partial charge in [0.25, 0.3) is 0 Å². The van der Waals surface area contributed by atoms with Crippen molar-refractivity contribution in [2.24, 2.45) is 5.92 Å². The molecular formula is C22H22ClN3O4S. The number of anilines is 1. The summed E-state index contributed by atoms with van der Waals surface area (Å²) in [5.41, 5.74) is 1.59. The summed E-state index contributed by atoms with van der Waals surface area (Å²) in [7, 11) is -3.79. The van der Waals surface area contributed by atoms with Gasteiger partial charge in [0.15, 0.2) is 0 Å². The molecule has 1 heterocycles. The second-order valence-corrected chi connectivity index (χ2v) is 9.91. The molecule has 2 aromatic carbocycles. The van der Waals surface area contributed by atoms with E-state index in [0.717, 1.165) is 25.7 Å². The smallest absolute Gasteiger partial charge is 0.336 e. The van der Waals surface area contributed by atoms with Crippen molar-refractivity contribution in [1.82, 2.24) is 10.2 Å². The van der Waals surface area contributed by atoms with Crippen LogP contribution >= 0.6 is 11.6 Å². The summed E-state index contributed by atoms with van der Waals surface area (Å²) >= 11 is 6.36. The van der Waals surface area contributed by atoms with Crippen LogP contribution in [0.1, 0.15) is 37.7 Å². The normalized spacial score (nSPS) is 15.0. The standard InChI is InChI=1S/C22H22ClN3O4S/c23-19-13-17(24-20(27)16-9-5-2-6-10-16)11-12-18(19)21-25-26-22(30-21)31(28,29)14-15-7-3-1-4-8-15/h1,3-4,7-8,11-13,16H,2,5-6,9-10,14H2,(H,24,27). The minimum Gasteiger partial charge on any atom is -0.408 e. The van der Waals surface area contributed by atoms with E-state index in [1.165, 1.54) is 6.42 Å². The molecule has 1 N–H and O–H groups in total. The molecule has 162 valence electrons. The van der Waals surface area contributed by atoms with Gasteiger partial charge < -0.3 is 9.73 Å². The Morgan fingerprint density at radius 1 is 1.06 bits per heavy atom. The Morgan fingerprint density at radius 2 is 1.81 bits per heavy atom. The van der Waals surface area contributed by atoms with Gasteiger partial charge in [-0.2, -0.15) is 0 Å². The lowest BCUT2D eigenvalue weighted by atomic mass is 9.88. The van der Waals surface area contributed by atoms with Crippen molar-refractivity contribution in [3.8, 4) is 11.5 Å². The van der Waals surface area contributed by atoms with Crippen molar-refractivity contribution < 1.29 is 17.6 Å². The maximum atomic E-state index is 12.6. The maximum Gasteiger partial charge on any atom is 0.336 e. The minimum atomic E-state index is -3.79. The van der Waals surface area contributed by atoms with Gasteiger partial charge in [-0.15, -0.1) is 5.10 Å². The molecule has 7 nitrogen and oxygen atoms in total. The van der Waals surface area contributed by atoms with Crippen LogP contribution in [0.3, 0.4) is 0 Å². The first kappa shape index (κ1) is 21.5. The topological polar surface area (TPSA) is 102 Å². The van der Waals surface area contributed by atoms with Crippen LogP contribution in [-0.2, 0) is 20.4 Å². The van der Waals surface area contributed by atoms with E-state index in [1.807, 2.05) is 6.07 Å². The summed E-state index contributed by atoms with van der Waals surface area (Å²) < 4.78 is 30.6. The van der Waals surface area contributed by atoms with Crippen LogP contribution in [0.5, 0.6) is 0 Å². The lowest BCUT2D eigenvalue weighted by molar-refractivity contribution is -0.120. The first-order valence-electron chi connectivity index (χ1n) is 10.1. The summed E-state index contributed by atoms with van der Waals surface area (Å²) in [6.45, 7) is 0. The molecule has 0 aliphatic heterocycles. The highest BCUT2D eigenvalue weighted by Gasteiger charge is 2.25. The fraction of sp³-hybridized carbons (Fsp3) is 0.318. The van der Waals surface area contributed by atoms with Crippen LogP contribution in [0.15, 0.2) is 58.2 Å². The Hall–Kier alpha value is -2.71. The number of nitrogens with one attached hydrogen (secondary N) is 1. The fourth-order valence-corrected chi connectivity index (χ4v) is 5.06. The van der Waals surface area contributed by atoms with E-state index < -0.39 is 15.1 Å². The molecule has 1 aliphatic carbocycles. The number of aromatic nitrogens is 2. The number of amides is 1. The largest absolute Gasteiger partial charge is 0.408 e. The predicted molar refractivity (Wildman–Crippen MR) is 117 cm³/mol. The number of rotatable bonds is 6. The molecule has 3 aromatic rings. The highest BCUT2D eigenvalue weighted by Crippen LogP contribution is 2.31. The molecule has 4 rings (SSSR count). The van der Waals surface area contributed by atoms with E-state index in [1.54, 1.807) is 42.5 Å². The Labute approximate surface area is 185 Å². The van der Waals surface area contributed by atoms with E-state index in [2.05, 4.69) is 15.5 Å². The first-order chi connectivity index (χ1) is 14.9. The zero-order valence-electron chi connectivity index (χ0n) is 16.8. The average molecular weight is 460 g/mol. The third kappa shape index (κ3) is 5.14. The van der Waals surface area contributed by atoms with Crippen LogP contribution in [0.2, 0.25) is 5.02 Å². The molecule has 31 heavy (non-hydrogen) atoms. The van der Waals surface area contributed by atoms with Gasteiger partial charge in [-0.3, -0.25) is 4.79 Å². The Morgan fingerprint density at radius 3 is 2.52 bits per heavy atom. The first-order valence-corrected chi connectivity index (χ1v) is 12.2. The molecule has 9 heteroatoms. The Bertz CT molecular complexity index is 1170. The van der Waals surface area contributed by atoms with Gasteiger partial charge in [-0.05, 0) is 36.6 Å². The number of halogens is 1. The molecule has 1 aliphatic rings. The monoisotopic (exact) mass is 459 g/mol. The quantitative estimate of drug-likeness (QED) is 0.563. The van der Waals surface area contributed by atoms with Gasteiger partial charge in [0.2, 0.25) is 21.6 Å². The molecule has 1 aromatic heterocycles. The van der Waals surface area contributed by atoms with Gasteiger partial charge in [-0.1, -0.05) is 66.3 Å². The SMILES string of the molecule is O=C(Nc1ccc(-c2nnc(S(=O)(=O)Cc3ccccc3)o2)c(Cl)c1)C1CCCCC1. The lowest BCUT2D eigenvalue weighted by Crippen LogP contribution is -2.24. The average Bonchev–Trinajstić information content (AvgIpc) is 3.26. The number of hydrogen-bond acceptors (Lipinski definition) is 6. The lowest BCUT2D eigenvalue weighted by Gasteiger charge is -2.20. The van der Waals surface area contributed by atoms with Crippen molar-refractivity contribution in [3.05, 3.63) is 59.1 Å².